The Morgan fingerprint density at radius 3 is 2.04 bits per heavy atom. The molecule has 0 aliphatic heterocycles. The molecular weight excluding hydrogens is 322 g/mol. The summed E-state index contributed by atoms with van der Waals surface area (Å²) in [7, 11) is 6.36. The molecule has 25 heavy (non-hydrogen) atoms. The van der Waals surface area contributed by atoms with Crippen molar-refractivity contribution in [3.05, 3.63) is 42.7 Å². The Morgan fingerprint density at radius 1 is 0.720 bits per heavy atom. The van der Waals surface area contributed by atoms with Gasteiger partial charge in [0.25, 0.3) is 0 Å². The minimum absolute atomic E-state index is 0.506. The van der Waals surface area contributed by atoms with Crippen LogP contribution in [0.4, 0.5) is 0 Å². The lowest BCUT2D eigenvalue weighted by Crippen LogP contribution is -1.97. The third-order valence-corrected chi connectivity index (χ3v) is 3.93. The van der Waals surface area contributed by atoms with E-state index in [1.54, 1.807) is 34.7 Å². The molecule has 130 valence electrons. The van der Waals surface area contributed by atoms with Crippen LogP contribution in [0.15, 0.2) is 47.2 Å². The molecule has 0 unspecified atom stereocenters. The van der Waals surface area contributed by atoms with Gasteiger partial charge in [-0.15, -0.1) is 0 Å². The summed E-state index contributed by atoms with van der Waals surface area (Å²) in [4.78, 5) is 0. The predicted octanol–water partition coefficient (Wildman–Crippen LogP) is 4.04. The maximum atomic E-state index is 5.55. The molecule has 0 spiro atoms. The van der Waals surface area contributed by atoms with Gasteiger partial charge in [0.2, 0.25) is 5.75 Å². The van der Waals surface area contributed by atoms with E-state index < -0.39 is 0 Å². The van der Waals surface area contributed by atoms with E-state index in [0.717, 1.165) is 22.4 Å². The van der Waals surface area contributed by atoms with Crippen LogP contribution in [0.1, 0.15) is 0 Å². The highest BCUT2D eigenvalue weighted by Crippen LogP contribution is 2.46. The lowest BCUT2D eigenvalue weighted by molar-refractivity contribution is 0.325. The van der Waals surface area contributed by atoms with Crippen LogP contribution < -0.4 is 18.9 Å². The van der Waals surface area contributed by atoms with E-state index in [1.165, 1.54) is 0 Å². The topological polar surface area (TPSA) is 63.0 Å². The average Bonchev–Trinajstić information content (AvgIpc) is 3.16. The van der Waals surface area contributed by atoms with Crippen molar-refractivity contribution in [1.82, 2.24) is 5.16 Å². The molecule has 6 nitrogen and oxygen atoms in total. The minimum Gasteiger partial charge on any atom is -0.497 e. The number of hydrogen-bond acceptors (Lipinski definition) is 6. The monoisotopic (exact) mass is 341 g/mol. The van der Waals surface area contributed by atoms with E-state index in [2.05, 4.69) is 5.16 Å². The van der Waals surface area contributed by atoms with Crippen LogP contribution in [0.5, 0.6) is 23.0 Å². The van der Waals surface area contributed by atoms with Gasteiger partial charge in [-0.05, 0) is 29.8 Å². The van der Waals surface area contributed by atoms with Crippen molar-refractivity contribution in [3.8, 4) is 45.4 Å². The van der Waals surface area contributed by atoms with E-state index in [4.69, 9.17) is 23.5 Å². The van der Waals surface area contributed by atoms with Gasteiger partial charge in [0.05, 0.1) is 34.0 Å². The van der Waals surface area contributed by atoms with Crippen LogP contribution in [-0.2, 0) is 0 Å². The summed E-state index contributed by atoms with van der Waals surface area (Å²) in [5, 5.41) is 4.16. The van der Waals surface area contributed by atoms with Gasteiger partial charge in [-0.2, -0.15) is 0 Å². The number of methoxy groups -OCH3 is 4. The molecule has 3 aromatic rings. The number of hydrogen-bond donors (Lipinski definition) is 0. The Labute approximate surface area is 145 Å². The van der Waals surface area contributed by atoms with Crippen molar-refractivity contribution in [1.29, 1.82) is 0 Å². The molecule has 0 N–H and O–H groups in total. The first-order chi connectivity index (χ1) is 12.2. The highest BCUT2D eigenvalue weighted by Gasteiger charge is 2.22. The molecule has 0 fully saturated rings. The largest absolute Gasteiger partial charge is 0.497 e. The fraction of sp³-hybridized carbons (Fsp3) is 0.211. The fourth-order valence-electron chi connectivity index (χ4n) is 2.69. The summed E-state index contributed by atoms with van der Waals surface area (Å²) in [6, 6.07) is 11.3. The van der Waals surface area contributed by atoms with E-state index in [0.29, 0.717) is 22.9 Å². The molecule has 0 radical (unpaired) electrons. The smallest absolute Gasteiger partial charge is 0.203 e. The maximum absolute atomic E-state index is 5.55. The third-order valence-electron chi connectivity index (χ3n) is 3.93. The molecule has 0 saturated heterocycles. The molecule has 6 heteroatoms. The first-order valence-corrected chi connectivity index (χ1v) is 7.61. The van der Waals surface area contributed by atoms with Crippen LogP contribution in [-0.4, -0.2) is 33.6 Å². The summed E-state index contributed by atoms with van der Waals surface area (Å²) in [6.45, 7) is 0. The number of benzene rings is 2. The summed E-state index contributed by atoms with van der Waals surface area (Å²) in [5.41, 5.74) is 3.20. The van der Waals surface area contributed by atoms with Crippen LogP contribution in [0, 0.1) is 0 Å². The minimum atomic E-state index is 0.506. The number of rotatable bonds is 6. The van der Waals surface area contributed by atoms with Crippen LogP contribution in [0.25, 0.3) is 22.4 Å². The van der Waals surface area contributed by atoms with Gasteiger partial charge in [0.1, 0.15) is 17.7 Å². The normalized spacial score (nSPS) is 10.4. The van der Waals surface area contributed by atoms with Gasteiger partial charge in [0.15, 0.2) is 11.5 Å². The summed E-state index contributed by atoms with van der Waals surface area (Å²) in [5.74, 6) is 2.40. The molecule has 1 aromatic heterocycles. The molecule has 0 aliphatic carbocycles. The lowest BCUT2D eigenvalue weighted by atomic mass is 10.0. The summed E-state index contributed by atoms with van der Waals surface area (Å²) >= 11 is 0. The van der Waals surface area contributed by atoms with E-state index >= 15 is 0 Å². The van der Waals surface area contributed by atoms with Crippen molar-refractivity contribution >= 4 is 0 Å². The maximum Gasteiger partial charge on any atom is 0.203 e. The molecule has 0 atom stereocenters. The highest BCUT2D eigenvalue weighted by molar-refractivity contribution is 5.85. The second-order valence-electron chi connectivity index (χ2n) is 5.19. The van der Waals surface area contributed by atoms with Crippen LogP contribution in [0.2, 0.25) is 0 Å². The second kappa shape index (κ2) is 7.17. The number of ether oxygens (including phenoxy) is 4. The summed E-state index contributed by atoms with van der Waals surface area (Å²) in [6.07, 6.45) is 1.60. The SMILES string of the molecule is COc1ccc(-c2conc2-c2ccc(OC)c(OC)c2OC)cc1. The van der Waals surface area contributed by atoms with Gasteiger partial charge in [0, 0.05) is 5.56 Å². The van der Waals surface area contributed by atoms with Gasteiger partial charge < -0.3 is 23.5 Å². The Kier molecular flexibility index (Phi) is 4.79. The molecule has 3 rings (SSSR count). The van der Waals surface area contributed by atoms with Gasteiger partial charge in [-0.3, -0.25) is 0 Å². The first kappa shape index (κ1) is 16.7. The molecule has 0 amide bonds. The van der Waals surface area contributed by atoms with Gasteiger partial charge in [-0.25, -0.2) is 0 Å². The molecule has 0 saturated carbocycles. The van der Waals surface area contributed by atoms with Crippen molar-refractivity contribution < 1.29 is 23.5 Å². The van der Waals surface area contributed by atoms with Crippen molar-refractivity contribution in [2.45, 2.75) is 0 Å². The van der Waals surface area contributed by atoms with Crippen molar-refractivity contribution in [2.24, 2.45) is 0 Å². The summed E-state index contributed by atoms with van der Waals surface area (Å²) < 4.78 is 26.8. The van der Waals surface area contributed by atoms with Crippen molar-refractivity contribution in [3.63, 3.8) is 0 Å². The van der Waals surface area contributed by atoms with Crippen LogP contribution >= 0.6 is 0 Å². The molecule has 0 bridgehead atoms. The highest BCUT2D eigenvalue weighted by atomic mass is 16.5. The zero-order valence-corrected chi connectivity index (χ0v) is 14.5. The molecular formula is C19H19NO5. The zero-order valence-electron chi connectivity index (χ0n) is 14.5. The van der Waals surface area contributed by atoms with Crippen LogP contribution in [0.3, 0.4) is 0 Å². The van der Waals surface area contributed by atoms with Gasteiger partial charge in [-0.1, -0.05) is 17.3 Å². The number of nitrogens with zero attached hydrogens (tertiary/aromatic N) is 1. The van der Waals surface area contributed by atoms with Crippen molar-refractivity contribution in [2.75, 3.05) is 28.4 Å². The molecule has 1 heterocycles. The quantitative estimate of drug-likeness (QED) is 0.674. The Hall–Kier alpha value is -3.15. The standard InChI is InChI=1S/C19H19NO5/c1-21-13-7-5-12(6-8-13)15-11-25-20-17(15)14-9-10-16(22-2)19(24-4)18(14)23-3/h5-11H,1-4H3. The molecule has 2 aromatic carbocycles. The lowest BCUT2D eigenvalue weighted by Gasteiger charge is -2.15. The zero-order chi connectivity index (χ0) is 17.8. The first-order valence-electron chi connectivity index (χ1n) is 7.61. The van der Waals surface area contributed by atoms with E-state index in [1.807, 2.05) is 36.4 Å². The Morgan fingerprint density at radius 2 is 1.44 bits per heavy atom. The second-order valence-corrected chi connectivity index (χ2v) is 5.19. The molecule has 0 aliphatic rings. The Balaban J connectivity index is 2.13. The average molecular weight is 341 g/mol. The van der Waals surface area contributed by atoms with E-state index in [9.17, 15) is 0 Å². The Bertz CT molecular complexity index is 855. The van der Waals surface area contributed by atoms with E-state index in [-0.39, 0.29) is 0 Å². The van der Waals surface area contributed by atoms with Gasteiger partial charge >= 0.3 is 0 Å². The fourth-order valence-corrected chi connectivity index (χ4v) is 2.69. The predicted molar refractivity (Wildman–Crippen MR) is 93.6 cm³/mol. The third kappa shape index (κ3) is 2.98. The number of aromatic nitrogens is 1.